The number of benzene rings is 2. The number of fused-ring (bicyclic) bond motifs is 1. The molecule has 0 aliphatic rings. The van der Waals surface area contributed by atoms with Gasteiger partial charge in [0.1, 0.15) is 5.75 Å². The van der Waals surface area contributed by atoms with E-state index in [1.807, 2.05) is 36.4 Å². The van der Waals surface area contributed by atoms with E-state index in [1.54, 1.807) is 12.1 Å². The van der Waals surface area contributed by atoms with Crippen molar-refractivity contribution >= 4 is 39.2 Å². The first-order chi connectivity index (χ1) is 11.0. The van der Waals surface area contributed by atoms with E-state index in [4.69, 9.17) is 5.73 Å². The Morgan fingerprint density at radius 2 is 1.87 bits per heavy atom. The van der Waals surface area contributed by atoms with Gasteiger partial charge in [0.15, 0.2) is 0 Å². The van der Waals surface area contributed by atoms with Crippen molar-refractivity contribution in [2.24, 2.45) is 5.73 Å². The van der Waals surface area contributed by atoms with Gasteiger partial charge in [-0.1, -0.05) is 30.0 Å². The van der Waals surface area contributed by atoms with E-state index in [0.29, 0.717) is 5.06 Å². The average Bonchev–Trinajstić information content (AvgIpc) is 2.87. The van der Waals surface area contributed by atoms with Gasteiger partial charge >= 0.3 is 6.03 Å². The molecule has 0 fully saturated rings. The molecule has 1 aromatic heterocycles. The summed E-state index contributed by atoms with van der Waals surface area (Å²) in [5, 5.41) is 20.6. The number of hydroxylamine groups is 2. The number of hydrogen-bond acceptors (Lipinski definition) is 5. The predicted molar refractivity (Wildman–Crippen MR) is 91.0 cm³/mol. The fourth-order valence-electron chi connectivity index (χ4n) is 2.13. The molecule has 0 bridgehead atoms. The van der Waals surface area contributed by atoms with Crippen LogP contribution in [0, 0.1) is 0 Å². The second kappa shape index (κ2) is 6.49. The van der Waals surface area contributed by atoms with Gasteiger partial charge in [0.25, 0.3) is 0 Å². The molecule has 0 unspecified atom stereocenters. The van der Waals surface area contributed by atoms with Crippen molar-refractivity contribution in [2.75, 3.05) is 0 Å². The van der Waals surface area contributed by atoms with Gasteiger partial charge in [0.05, 0.1) is 6.54 Å². The van der Waals surface area contributed by atoms with Crippen LogP contribution in [0.1, 0.15) is 4.88 Å². The Morgan fingerprint density at radius 3 is 2.57 bits per heavy atom. The van der Waals surface area contributed by atoms with Crippen molar-refractivity contribution in [1.29, 1.82) is 0 Å². The number of carbonyl (C=O) groups is 1. The van der Waals surface area contributed by atoms with Crippen LogP contribution >= 0.6 is 23.1 Å². The van der Waals surface area contributed by atoms with E-state index in [9.17, 15) is 15.1 Å². The van der Waals surface area contributed by atoms with Gasteiger partial charge < -0.3 is 10.8 Å². The third kappa shape index (κ3) is 3.42. The number of nitrogens with two attached hydrogens (primary N) is 1. The molecule has 2 aromatic carbocycles. The summed E-state index contributed by atoms with van der Waals surface area (Å²) in [6.07, 6.45) is 0. The summed E-state index contributed by atoms with van der Waals surface area (Å²) in [5.41, 5.74) is 5.10. The summed E-state index contributed by atoms with van der Waals surface area (Å²) < 4.78 is 1.07. The van der Waals surface area contributed by atoms with Crippen LogP contribution in [0.15, 0.2) is 58.3 Å². The standard InChI is InChI=1S/C16H14N2O3S2/c17-16(20)18(21)9-14-15(12-3-1-2-4-13(12)23-14)22-11-7-5-10(19)6-8-11/h1-8,19,21H,9H2,(H2,17,20). The minimum atomic E-state index is -0.886. The molecule has 0 radical (unpaired) electrons. The second-order valence-corrected chi connectivity index (χ2v) is 7.06. The number of phenols is 1. The second-order valence-electron chi connectivity index (χ2n) is 4.84. The number of hydrogen-bond donors (Lipinski definition) is 3. The molecule has 0 aliphatic carbocycles. The molecule has 1 heterocycles. The average molecular weight is 346 g/mol. The molecule has 0 aliphatic heterocycles. The highest BCUT2D eigenvalue weighted by Crippen LogP contribution is 2.42. The van der Waals surface area contributed by atoms with Crippen LogP contribution in [0.25, 0.3) is 10.1 Å². The Labute approximate surface area is 140 Å². The lowest BCUT2D eigenvalue weighted by Gasteiger charge is -2.12. The molecule has 3 rings (SSSR count). The molecule has 0 saturated carbocycles. The fraction of sp³-hybridized carbons (Fsp3) is 0.0625. The Balaban J connectivity index is 2.01. The molecule has 0 saturated heterocycles. The first-order valence-electron chi connectivity index (χ1n) is 6.78. The number of primary amides is 1. The third-order valence-electron chi connectivity index (χ3n) is 3.22. The summed E-state index contributed by atoms with van der Waals surface area (Å²) in [5.74, 6) is 0.208. The maximum atomic E-state index is 11.1. The van der Waals surface area contributed by atoms with Crippen LogP contribution in [0.4, 0.5) is 4.79 Å². The minimum Gasteiger partial charge on any atom is -0.508 e. The lowest BCUT2D eigenvalue weighted by molar-refractivity contribution is -0.0467. The minimum absolute atomic E-state index is 0.0368. The number of carbonyl (C=O) groups excluding carboxylic acids is 1. The van der Waals surface area contributed by atoms with Crippen LogP contribution in [0.5, 0.6) is 5.75 Å². The van der Waals surface area contributed by atoms with E-state index in [0.717, 1.165) is 24.8 Å². The first kappa shape index (κ1) is 15.7. The van der Waals surface area contributed by atoms with Crippen LogP contribution in [-0.2, 0) is 6.54 Å². The smallest absolute Gasteiger partial charge is 0.338 e. The zero-order valence-corrected chi connectivity index (χ0v) is 13.6. The highest BCUT2D eigenvalue weighted by molar-refractivity contribution is 7.99. The Morgan fingerprint density at radius 1 is 1.17 bits per heavy atom. The summed E-state index contributed by atoms with van der Waals surface area (Å²) in [6, 6.07) is 13.9. The highest BCUT2D eigenvalue weighted by atomic mass is 32.2. The van der Waals surface area contributed by atoms with Crippen molar-refractivity contribution in [3.63, 3.8) is 0 Å². The van der Waals surface area contributed by atoms with E-state index in [1.165, 1.54) is 23.1 Å². The molecule has 4 N–H and O–H groups in total. The normalized spacial score (nSPS) is 10.8. The number of nitrogens with zero attached hydrogens (tertiary/aromatic N) is 1. The predicted octanol–water partition coefficient (Wildman–Crippen LogP) is 4.03. The summed E-state index contributed by atoms with van der Waals surface area (Å²) in [7, 11) is 0. The van der Waals surface area contributed by atoms with Gasteiger partial charge in [0.2, 0.25) is 0 Å². The Kier molecular flexibility index (Phi) is 4.42. The van der Waals surface area contributed by atoms with Gasteiger partial charge in [-0.15, -0.1) is 11.3 Å². The number of amides is 2. The maximum Gasteiger partial charge on any atom is 0.338 e. The van der Waals surface area contributed by atoms with E-state index < -0.39 is 6.03 Å². The molecular formula is C16H14N2O3S2. The lowest BCUT2D eigenvalue weighted by Crippen LogP contribution is -2.31. The van der Waals surface area contributed by atoms with Gasteiger partial charge in [-0.05, 0) is 30.3 Å². The lowest BCUT2D eigenvalue weighted by atomic mass is 10.2. The fourth-order valence-corrected chi connectivity index (χ4v) is 4.50. The van der Waals surface area contributed by atoms with Crippen LogP contribution in [0.3, 0.4) is 0 Å². The van der Waals surface area contributed by atoms with Crippen molar-refractivity contribution in [3.8, 4) is 5.75 Å². The zero-order chi connectivity index (χ0) is 16.4. The summed E-state index contributed by atoms with van der Waals surface area (Å²) in [6.45, 7) is 0.0368. The molecule has 23 heavy (non-hydrogen) atoms. The molecule has 2 amide bonds. The van der Waals surface area contributed by atoms with E-state index in [2.05, 4.69) is 0 Å². The van der Waals surface area contributed by atoms with Crippen LogP contribution in [-0.4, -0.2) is 21.4 Å². The SMILES string of the molecule is NC(=O)N(O)Cc1sc2ccccc2c1Sc1ccc(O)cc1. The number of phenolic OH excluding ortho intramolecular Hbond substituents is 1. The highest BCUT2D eigenvalue weighted by Gasteiger charge is 2.17. The Bertz CT molecular complexity index is 846. The monoisotopic (exact) mass is 346 g/mol. The van der Waals surface area contributed by atoms with Gasteiger partial charge in [-0.25, -0.2) is 9.86 Å². The van der Waals surface area contributed by atoms with E-state index >= 15 is 0 Å². The van der Waals surface area contributed by atoms with Gasteiger partial charge in [-0.3, -0.25) is 5.21 Å². The van der Waals surface area contributed by atoms with Crippen molar-refractivity contribution < 1.29 is 15.1 Å². The molecule has 7 heteroatoms. The maximum absolute atomic E-state index is 11.1. The third-order valence-corrected chi connectivity index (χ3v) is 5.69. The first-order valence-corrected chi connectivity index (χ1v) is 8.41. The van der Waals surface area contributed by atoms with Gasteiger partial charge in [0, 0.05) is 24.8 Å². The van der Waals surface area contributed by atoms with Crippen molar-refractivity contribution in [3.05, 3.63) is 53.4 Å². The number of rotatable bonds is 4. The Hall–Kier alpha value is -2.22. The molecule has 3 aromatic rings. The van der Waals surface area contributed by atoms with Crippen molar-refractivity contribution in [1.82, 2.24) is 5.06 Å². The quantitative estimate of drug-likeness (QED) is 0.492. The van der Waals surface area contributed by atoms with Crippen LogP contribution in [0.2, 0.25) is 0 Å². The van der Waals surface area contributed by atoms with Crippen molar-refractivity contribution in [2.45, 2.75) is 16.3 Å². The molecule has 0 spiro atoms. The summed E-state index contributed by atoms with van der Waals surface area (Å²) in [4.78, 5) is 13.9. The zero-order valence-electron chi connectivity index (χ0n) is 12.0. The molecular weight excluding hydrogens is 332 g/mol. The largest absolute Gasteiger partial charge is 0.508 e. The van der Waals surface area contributed by atoms with Crippen LogP contribution < -0.4 is 5.73 Å². The van der Waals surface area contributed by atoms with E-state index in [-0.39, 0.29) is 12.3 Å². The number of urea groups is 1. The topological polar surface area (TPSA) is 86.8 Å². The summed E-state index contributed by atoms with van der Waals surface area (Å²) >= 11 is 3.03. The molecule has 0 atom stereocenters. The number of aromatic hydroxyl groups is 1. The van der Waals surface area contributed by atoms with Gasteiger partial charge in [-0.2, -0.15) is 0 Å². The molecule has 118 valence electrons. The molecule has 5 nitrogen and oxygen atoms in total. The number of thiophene rings is 1.